The third-order valence-electron chi connectivity index (χ3n) is 3.03. The van der Waals surface area contributed by atoms with Gasteiger partial charge in [-0.3, -0.25) is 4.98 Å². The molecule has 0 saturated heterocycles. The highest BCUT2D eigenvalue weighted by Gasteiger charge is 2.12. The molecule has 3 nitrogen and oxygen atoms in total. The van der Waals surface area contributed by atoms with Crippen molar-refractivity contribution < 1.29 is 0 Å². The molecule has 19 heavy (non-hydrogen) atoms. The molecule has 3 N–H and O–H groups in total. The zero-order valence-corrected chi connectivity index (χ0v) is 11.9. The number of hydrogen-bond donors (Lipinski definition) is 2. The van der Waals surface area contributed by atoms with Crippen molar-refractivity contribution in [3.63, 3.8) is 0 Å². The van der Waals surface area contributed by atoms with Crippen LogP contribution in [-0.4, -0.2) is 9.97 Å². The van der Waals surface area contributed by atoms with Gasteiger partial charge in [-0.1, -0.05) is 30.4 Å². The molecule has 0 spiro atoms. The maximum atomic E-state index is 5.77. The second kappa shape index (κ2) is 5.80. The number of thiocarbonyl (C=S) groups is 1. The fourth-order valence-corrected chi connectivity index (χ4v) is 2.16. The zero-order chi connectivity index (χ0) is 13.8. The molecule has 0 fully saturated rings. The van der Waals surface area contributed by atoms with E-state index in [0.717, 1.165) is 22.5 Å². The van der Waals surface area contributed by atoms with Crippen LogP contribution in [0.3, 0.4) is 0 Å². The monoisotopic (exact) mass is 271 g/mol. The number of nitrogens with two attached hydrogens (primary N) is 1. The second-order valence-corrected chi connectivity index (χ2v) is 4.92. The van der Waals surface area contributed by atoms with Gasteiger partial charge in [0.15, 0.2) is 0 Å². The molecule has 1 heterocycles. The minimum Gasteiger partial charge on any atom is -0.389 e. The molecular formula is C15H17N3S. The van der Waals surface area contributed by atoms with Crippen molar-refractivity contribution in [3.05, 3.63) is 59.4 Å². The molecule has 0 radical (unpaired) electrons. The molecule has 1 atom stereocenters. The number of aryl methyl sites for hydroxylation is 1. The van der Waals surface area contributed by atoms with E-state index >= 15 is 0 Å². The topological polar surface area (TPSA) is 50.9 Å². The van der Waals surface area contributed by atoms with Gasteiger partial charge in [0.25, 0.3) is 0 Å². The van der Waals surface area contributed by atoms with Crippen molar-refractivity contribution >= 4 is 22.9 Å². The SMILES string of the molecule is Cc1cccc(C(N)=S)c1NC(C)c1ccccn1. The quantitative estimate of drug-likeness (QED) is 0.838. The van der Waals surface area contributed by atoms with E-state index in [1.807, 2.05) is 43.3 Å². The van der Waals surface area contributed by atoms with Gasteiger partial charge < -0.3 is 11.1 Å². The summed E-state index contributed by atoms with van der Waals surface area (Å²) >= 11 is 5.10. The molecule has 0 saturated carbocycles. The van der Waals surface area contributed by atoms with Crippen LogP contribution < -0.4 is 11.1 Å². The number of nitrogens with zero attached hydrogens (tertiary/aromatic N) is 1. The minimum atomic E-state index is 0.0930. The lowest BCUT2D eigenvalue weighted by Crippen LogP contribution is -2.16. The number of hydrogen-bond acceptors (Lipinski definition) is 3. The lowest BCUT2D eigenvalue weighted by atomic mass is 10.1. The van der Waals surface area contributed by atoms with E-state index in [-0.39, 0.29) is 6.04 Å². The van der Waals surface area contributed by atoms with Gasteiger partial charge in [0, 0.05) is 17.4 Å². The molecule has 0 aliphatic heterocycles. The Balaban J connectivity index is 2.31. The fourth-order valence-electron chi connectivity index (χ4n) is 1.99. The summed E-state index contributed by atoms with van der Waals surface area (Å²) in [5.41, 5.74) is 9.73. The first-order valence-corrected chi connectivity index (χ1v) is 6.57. The Morgan fingerprint density at radius 2 is 2.05 bits per heavy atom. The molecule has 0 amide bonds. The Morgan fingerprint density at radius 1 is 1.26 bits per heavy atom. The van der Waals surface area contributed by atoms with Crippen LogP contribution in [0.1, 0.15) is 29.8 Å². The number of pyridine rings is 1. The number of benzene rings is 1. The van der Waals surface area contributed by atoms with Gasteiger partial charge in [0.05, 0.1) is 11.7 Å². The first kappa shape index (κ1) is 13.5. The van der Waals surface area contributed by atoms with Crippen LogP contribution in [0.4, 0.5) is 5.69 Å². The molecule has 2 aromatic rings. The van der Waals surface area contributed by atoms with E-state index < -0.39 is 0 Å². The zero-order valence-electron chi connectivity index (χ0n) is 11.1. The third kappa shape index (κ3) is 3.09. The summed E-state index contributed by atoms with van der Waals surface area (Å²) in [5, 5.41) is 3.45. The Hall–Kier alpha value is -1.94. The number of para-hydroxylation sites is 1. The van der Waals surface area contributed by atoms with Crippen molar-refractivity contribution in [1.29, 1.82) is 0 Å². The highest BCUT2D eigenvalue weighted by atomic mass is 32.1. The summed E-state index contributed by atoms with van der Waals surface area (Å²) in [5.74, 6) is 0. The van der Waals surface area contributed by atoms with Gasteiger partial charge in [-0.2, -0.15) is 0 Å². The summed E-state index contributed by atoms with van der Waals surface area (Å²) < 4.78 is 0. The third-order valence-corrected chi connectivity index (χ3v) is 3.25. The van der Waals surface area contributed by atoms with E-state index in [1.165, 1.54) is 0 Å². The Labute approximate surface area is 118 Å². The molecule has 2 rings (SSSR count). The van der Waals surface area contributed by atoms with E-state index in [4.69, 9.17) is 18.0 Å². The van der Waals surface area contributed by atoms with E-state index in [2.05, 4.69) is 17.2 Å². The lowest BCUT2D eigenvalue weighted by molar-refractivity contribution is 0.837. The first-order valence-electron chi connectivity index (χ1n) is 6.16. The van der Waals surface area contributed by atoms with E-state index in [0.29, 0.717) is 4.99 Å². The predicted molar refractivity (Wildman–Crippen MR) is 83.3 cm³/mol. The number of anilines is 1. The average Bonchev–Trinajstić information content (AvgIpc) is 2.41. The first-order chi connectivity index (χ1) is 9.09. The summed E-state index contributed by atoms with van der Waals surface area (Å²) in [6.07, 6.45) is 1.79. The molecule has 1 aromatic heterocycles. The number of aromatic nitrogens is 1. The van der Waals surface area contributed by atoms with Crippen LogP contribution >= 0.6 is 12.2 Å². The van der Waals surface area contributed by atoms with Gasteiger partial charge in [0.2, 0.25) is 0 Å². The smallest absolute Gasteiger partial charge is 0.106 e. The molecule has 1 unspecified atom stereocenters. The van der Waals surface area contributed by atoms with Gasteiger partial charge >= 0.3 is 0 Å². The maximum absolute atomic E-state index is 5.77. The molecule has 98 valence electrons. The summed E-state index contributed by atoms with van der Waals surface area (Å²) in [6.45, 7) is 4.10. The normalized spacial score (nSPS) is 11.9. The van der Waals surface area contributed by atoms with Gasteiger partial charge in [0.1, 0.15) is 4.99 Å². The van der Waals surface area contributed by atoms with Crippen LogP contribution in [0.15, 0.2) is 42.6 Å². The Bertz CT molecular complexity index is 581. The van der Waals surface area contributed by atoms with Crippen LogP contribution in [0.25, 0.3) is 0 Å². The molecule has 0 aliphatic carbocycles. The van der Waals surface area contributed by atoms with Crippen LogP contribution in [0.5, 0.6) is 0 Å². The minimum absolute atomic E-state index is 0.0930. The van der Waals surface area contributed by atoms with Gasteiger partial charge in [-0.15, -0.1) is 0 Å². The highest BCUT2D eigenvalue weighted by molar-refractivity contribution is 7.80. The Kier molecular flexibility index (Phi) is 4.12. The molecular weight excluding hydrogens is 254 g/mol. The Morgan fingerprint density at radius 3 is 2.68 bits per heavy atom. The average molecular weight is 271 g/mol. The van der Waals surface area contributed by atoms with Crippen LogP contribution in [-0.2, 0) is 0 Å². The van der Waals surface area contributed by atoms with Crippen LogP contribution in [0, 0.1) is 6.92 Å². The molecule has 1 aromatic carbocycles. The number of rotatable bonds is 4. The maximum Gasteiger partial charge on any atom is 0.106 e. The summed E-state index contributed by atoms with van der Waals surface area (Å²) in [6, 6.07) is 11.9. The van der Waals surface area contributed by atoms with Gasteiger partial charge in [-0.05, 0) is 37.6 Å². The predicted octanol–water partition coefficient (Wildman–Crippen LogP) is 3.20. The summed E-state index contributed by atoms with van der Waals surface area (Å²) in [4.78, 5) is 4.75. The number of nitrogens with one attached hydrogen (secondary N) is 1. The van der Waals surface area contributed by atoms with E-state index in [9.17, 15) is 0 Å². The van der Waals surface area contributed by atoms with E-state index in [1.54, 1.807) is 6.20 Å². The summed E-state index contributed by atoms with van der Waals surface area (Å²) in [7, 11) is 0. The van der Waals surface area contributed by atoms with Crippen molar-refractivity contribution in [2.75, 3.05) is 5.32 Å². The van der Waals surface area contributed by atoms with Crippen molar-refractivity contribution in [2.45, 2.75) is 19.9 Å². The largest absolute Gasteiger partial charge is 0.389 e. The van der Waals surface area contributed by atoms with Crippen LogP contribution in [0.2, 0.25) is 0 Å². The van der Waals surface area contributed by atoms with Gasteiger partial charge in [-0.25, -0.2) is 0 Å². The van der Waals surface area contributed by atoms with Crippen molar-refractivity contribution in [1.82, 2.24) is 4.98 Å². The lowest BCUT2D eigenvalue weighted by Gasteiger charge is -2.19. The molecule has 4 heteroatoms. The van der Waals surface area contributed by atoms with Crippen molar-refractivity contribution in [2.24, 2.45) is 5.73 Å². The second-order valence-electron chi connectivity index (χ2n) is 4.48. The molecule has 0 bridgehead atoms. The highest BCUT2D eigenvalue weighted by Crippen LogP contribution is 2.25. The molecule has 0 aliphatic rings. The fraction of sp³-hybridized carbons (Fsp3) is 0.200. The van der Waals surface area contributed by atoms with Crippen molar-refractivity contribution in [3.8, 4) is 0 Å². The standard InChI is InChI=1S/C15H17N3S/c1-10-6-5-7-12(15(16)19)14(10)18-11(2)13-8-3-4-9-17-13/h3-9,11,18H,1-2H3,(H2,16,19).